The fourth-order valence-corrected chi connectivity index (χ4v) is 5.24. The molecule has 1 fully saturated rings. The standard InChI is InChI=1S/C26H39FO5S/c1-2-3-7-15-26(30,19-20-10-12-21(27)13-11-20)16-14-23-22(24(28)18-25(23)29)9-6-4-5-8-17-33(31)32/h4,6,10-13,22-23,25,29-30H,2-3,5,7-9,14-19H2,1H3,(H,31,32)/t22-,23-,25?,26?/m1/s1. The highest BCUT2D eigenvalue weighted by Crippen LogP contribution is 2.38. The highest BCUT2D eigenvalue weighted by Gasteiger charge is 2.41. The van der Waals surface area contributed by atoms with Crippen molar-refractivity contribution in [3.63, 3.8) is 0 Å². The number of ketones is 1. The zero-order valence-corrected chi connectivity index (χ0v) is 20.4. The zero-order chi connectivity index (χ0) is 24.3. The van der Waals surface area contributed by atoms with E-state index in [1.807, 2.05) is 12.2 Å². The first-order chi connectivity index (χ1) is 15.7. The molecule has 7 heteroatoms. The summed E-state index contributed by atoms with van der Waals surface area (Å²) in [7, 11) is 0. The van der Waals surface area contributed by atoms with Crippen LogP contribution >= 0.6 is 0 Å². The van der Waals surface area contributed by atoms with Crippen molar-refractivity contribution in [3.8, 4) is 0 Å². The molecule has 1 saturated carbocycles. The summed E-state index contributed by atoms with van der Waals surface area (Å²) in [6.45, 7) is 2.11. The number of unbranched alkanes of at least 4 members (excludes halogenated alkanes) is 3. The molecule has 3 unspecified atom stereocenters. The summed E-state index contributed by atoms with van der Waals surface area (Å²) in [4.78, 5) is 12.5. The first-order valence-electron chi connectivity index (χ1n) is 12.1. The van der Waals surface area contributed by atoms with E-state index >= 15 is 0 Å². The van der Waals surface area contributed by atoms with E-state index in [2.05, 4.69) is 6.92 Å². The molecule has 0 saturated heterocycles. The van der Waals surface area contributed by atoms with Gasteiger partial charge in [-0.3, -0.25) is 4.79 Å². The fraction of sp³-hybridized carbons (Fsp3) is 0.654. The van der Waals surface area contributed by atoms with Crippen LogP contribution in [0.5, 0.6) is 0 Å². The second kappa shape index (κ2) is 14.1. The van der Waals surface area contributed by atoms with E-state index in [1.165, 1.54) is 12.1 Å². The van der Waals surface area contributed by atoms with Gasteiger partial charge >= 0.3 is 0 Å². The van der Waals surface area contributed by atoms with Crippen LogP contribution in [0, 0.1) is 17.7 Å². The Hall–Kier alpha value is -1.41. The van der Waals surface area contributed by atoms with Crippen LogP contribution in [0.15, 0.2) is 36.4 Å². The molecule has 0 radical (unpaired) electrons. The monoisotopic (exact) mass is 482 g/mol. The molecule has 1 aliphatic carbocycles. The molecule has 186 valence electrons. The van der Waals surface area contributed by atoms with E-state index < -0.39 is 22.8 Å². The number of hydrogen-bond donors (Lipinski definition) is 3. The smallest absolute Gasteiger partial charge is 0.152 e. The SMILES string of the molecule is CCCCCC(O)(CC[C@H]1C(O)CC(=O)[C@@H]1CC=CCCCS(=O)O)Cc1ccc(F)cc1. The summed E-state index contributed by atoms with van der Waals surface area (Å²) in [6, 6.07) is 6.21. The van der Waals surface area contributed by atoms with Gasteiger partial charge in [0.15, 0.2) is 11.1 Å². The van der Waals surface area contributed by atoms with Gasteiger partial charge in [0.25, 0.3) is 0 Å². The Bertz CT molecular complexity index is 781. The Kier molecular flexibility index (Phi) is 11.9. The summed E-state index contributed by atoms with van der Waals surface area (Å²) in [6.07, 6.45) is 10.2. The van der Waals surface area contributed by atoms with Crippen LogP contribution in [0.4, 0.5) is 4.39 Å². The molecule has 0 bridgehead atoms. The third-order valence-corrected chi connectivity index (χ3v) is 7.35. The minimum Gasteiger partial charge on any atom is -0.392 e. The normalized spacial score (nSPS) is 23.8. The van der Waals surface area contributed by atoms with Crippen LogP contribution < -0.4 is 0 Å². The molecule has 5 atom stereocenters. The van der Waals surface area contributed by atoms with E-state index in [4.69, 9.17) is 4.55 Å². The summed E-state index contributed by atoms with van der Waals surface area (Å²) in [5.41, 5.74) is -0.0830. The average molecular weight is 483 g/mol. The van der Waals surface area contributed by atoms with E-state index in [0.29, 0.717) is 44.9 Å². The van der Waals surface area contributed by atoms with E-state index in [9.17, 15) is 23.6 Å². The van der Waals surface area contributed by atoms with Crippen LogP contribution in [0.3, 0.4) is 0 Å². The van der Waals surface area contributed by atoms with Crippen molar-refractivity contribution in [1.82, 2.24) is 0 Å². The van der Waals surface area contributed by atoms with Crippen molar-refractivity contribution < 1.29 is 28.2 Å². The van der Waals surface area contributed by atoms with Crippen molar-refractivity contribution in [2.24, 2.45) is 11.8 Å². The molecule has 0 amide bonds. The predicted molar refractivity (Wildman–Crippen MR) is 130 cm³/mol. The Labute approximate surface area is 199 Å². The Morgan fingerprint density at radius 1 is 1.15 bits per heavy atom. The summed E-state index contributed by atoms with van der Waals surface area (Å²) in [5, 5.41) is 22.0. The predicted octanol–water partition coefficient (Wildman–Crippen LogP) is 4.97. The lowest BCUT2D eigenvalue weighted by Crippen LogP contribution is -2.34. The highest BCUT2D eigenvalue weighted by molar-refractivity contribution is 7.79. The van der Waals surface area contributed by atoms with Gasteiger partial charge in [0.2, 0.25) is 0 Å². The fourth-order valence-electron chi connectivity index (χ4n) is 4.82. The molecule has 1 aromatic rings. The maximum absolute atomic E-state index is 13.3. The number of allylic oxidation sites excluding steroid dienone is 2. The van der Waals surface area contributed by atoms with Gasteiger partial charge in [-0.1, -0.05) is 50.5 Å². The van der Waals surface area contributed by atoms with Gasteiger partial charge in [-0.15, -0.1) is 0 Å². The van der Waals surface area contributed by atoms with Crippen LogP contribution in [0.2, 0.25) is 0 Å². The Morgan fingerprint density at radius 2 is 1.88 bits per heavy atom. The number of rotatable bonds is 15. The van der Waals surface area contributed by atoms with Crippen LogP contribution in [-0.4, -0.2) is 42.2 Å². The first kappa shape index (κ1) is 27.8. The number of benzene rings is 1. The summed E-state index contributed by atoms with van der Waals surface area (Å²) in [5.74, 6) is -0.478. The largest absolute Gasteiger partial charge is 0.392 e. The maximum Gasteiger partial charge on any atom is 0.152 e. The van der Waals surface area contributed by atoms with E-state index in [-0.39, 0.29) is 35.6 Å². The molecule has 0 aliphatic heterocycles. The summed E-state index contributed by atoms with van der Waals surface area (Å²) >= 11 is -1.78. The van der Waals surface area contributed by atoms with Crippen molar-refractivity contribution in [1.29, 1.82) is 0 Å². The third-order valence-electron chi connectivity index (χ3n) is 6.72. The minimum absolute atomic E-state index is 0.0571. The topological polar surface area (TPSA) is 94.8 Å². The van der Waals surface area contributed by atoms with Crippen molar-refractivity contribution >= 4 is 16.9 Å². The van der Waals surface area contributed by atoms with Gasteiger partial charge < -0.3 is 14.8 Å². The molecule has 2 rings (SSSR count). The van der Waals surface area contributed by atoms with Gasteiger partial charge in [0.05, 0.1) is 11.7 Å². The molecule has 33 heavy (non-hydrogen) atoms. The number of halogens is 1. The molecule has 0 spiro atoms. The summed E-state index contributed by atoms with van der Waals surface area (Å²) < 4.78 is 32.8. The molecule has 0 aromatic heterocycles. The van der Waals surface area contributed by atoms with Crippen LogP contribution in [0.1, 0.15) is 76.7 Å². The van der Waals surface area contributed by atoms with Gasteiger partial charge in [0, 0.05) is 24.5 Å². The third kappa shape index (κ3) is 9.77. The second-order valence-electron chi connectivity index (χ2n) is 9.41. The van der Waals surface area contributed by atoms with E-state index in [0.717, 1.165) is 24.8 Å². The van der Waals surface area contributed by atoms with Gasteiger partial charge in [-0.2, -0.15) is 0 Å². The number of aliphatic hydroxyl groups is 2. The van der Waals surface area contributed by atoms with Crippen molar-refractivity contribution in [2.75, 3.05) is 5.75 Å². The molecular formula is C26H39FO5S. The molecule has 0 heterocycles. The molecular weight excluding hydrogens is 443 g/mol. The quantitative estimate of drug-likeness (QED) is 0.186. The molecule has 1 aliphatic rings. The van der Waals surface area contributed by atoms with Crippen molar-refractivity contribution in [3.05, 3.63) is 47.8 Å². The number of aliphatic hydroxyl groups excluding tert-OH is 1. The lowest BCUT2D eigenvalue weighted by atomic mass is 9.79. The molecule has 3 N–H and O–H groups in total. The maximum atomic E-state index is 13.3. The van der Waals surface area contributed by atoms with Gasteiger partial charge in [0.1, 0.15) is 11.6 Å². The zero-order valence-electron chi connectivity index (χ0n) is 19.6. The molecule has 1 aromatic carbocycles. The number of carbonyl (C=O) groups excluding carboxylic acids is 1. The second-order valence-corrected chi connectivity index (χ2v) is 10.5. The van der Waals surface area contributed by atoms with Gasteiger partial charge in [-0.25, -0.2) is 8.60 Å². The highest BCUT2D eigenvalue weighted by atomic mass is 32.2. The van der Waals surface area contributed by atoms with Crippen LogP contribution in [0.25, 0.3) is 0 Å². The average Bonchev–Trinajstić information content (AvgIpc) is 3.03. The Morgan fingerprint density at radius 3 is 2.55 bits per heavy atom. The minimum atomic E-state index is -1.78. The van der Waals surface area contributed by atoms with Crippen LogP contribution in [-0.2, 0) is 22.3 Å². The van der Waals surface area contributed by atoms with Gasteiger partial charge in [-0.05, 0) is 62.1 Å². The first-order valence-corrected chi connectivity index (χ1v) is 13.4. The number of carbonyl (C=O) groups is 1. The number of hydrogen-bond acceptors (Lipinski definition) is 4. The van der Waals surface area contributed by atoms with Crippen molar-refractivity contribution in [2.45, 2.75) is 89.3 Å². The lowest BCUT2D eigenvalue weighted by molar-refractivity contribution is -0.121. The molecule has 5 nitrogen and oxygen atoms in total. The van der Waals surface area contributed by atoms with E-state index in [1.54, 1.807) is 12.1 Å². The Balaban J connectivity index is 1.99. The number of Topliss-reactive ketones (excluding diaryl/α,β-unsaturated/α-hetero) is 1. The lowest BCUT2D eigenvalue weighted by Gasteiger charge is -2.31.